The molecular weight excluding hydrogens is 278 g/mol. The molecule has 0 bridgehead atoms. The molecule has 3 rings (SSSR count). The minimum absolute atomic E-state index is 0.238. The highest BCUT2D eigenvalue weighted by molar-refractivity contribution is 7.89. The van der Waals surface area contributed by atoms with Gasteiger partial charge in [0.25, 0.3) is 0 Å². The number of imidazole rings is 1. The third-order valence-electron chi connectivity index (χ3n) is 3.69. The molecule has 1 fully saturated rings. The number of rotatable bonds is 2. The van der Waals surface area contributed by atoms with Gasteiger partial charge in [-0.25, -0.2) is 13.2 Å². The lowest BCUT2D eigenvalue weighted by molar-refractivity contribution is 0.424. The van der Waals surface area contributed by atoms with Crippen LogP contribution in [0.3, 0.4) is 0 Å². The molecule has 0 spiro atoms. The number of aromatic amines is 2. The second-order valence-electron chi connectivity index (χ2n) is 5.10. The van der Waals surface area contributed by atoms with Crippen LogP contribution in [0.2, 0.25) is 0 Å². The molecule has 0 unspecified atom stereocenters. The highest BCUT2D eigenvalue weighted by Gasteiger charge is 2.25. The van der Waals surface area contributed by atoms with Crippen LogP contribution in [-0.2, 0) is 10.0 Å². The Balaban J connectivity index is 2.01. The van der Waals surface area contributed by atoms with Gasteiger partial charge in [-0.15, -0.1) is 0 Å². The molecule has 2 N–H and O–H groups in total. The number of benzene rings is 1. The quantitative estimate of drug-likeness (QED) is 0.878. The van der Waals surface area contributed by atoms with Crippen LogP contribution in [0.15, 0.2) is 27.9 Å². The summed E-state index contributed by atoms with van der Waals surface area (Å²) < 4.78 is 26.8. The molecule has 0 atom stereocenters. The van der Waals surface area contributed by atoms with E-state index in [0.717, 1.165) is 25.7 Å². The third-order valence-corrected chi connectivity index (χ3v) is 5.58. The van der Waals surface area contributed by atoms with E-state index in [0.29, 0.717) is 24.1 Å². The second-order valence-corrected chi connectivity index (χ2v) is 7.04. The molecule has 0 amide bonds. The molecule has 0 saturated carbocycles. The highest BCUT2D eigenvalue weighted by atomic mass is 32.2. The van der Waals surface area contributed by atoms with E-state index >= 15 is 0 Å². The van der Waals surface area contributed by atoms with Gasteiger partial charge in [-0.1, -0.05) is 12.8 Å². The predicted octanol–water partition coefficient (Wildman–Crippen LogP) is 1.42. The van der Waals surface area contributed by atoms with Crippen LogP contribution in [0, 0.1) is 0 Å². The van der Waals surface area contributed by atoms with E-state index in [1.165, 1.54) is 6.07 Å². The molecule has 7 heteroatoms. The van der Waals surface area contributed by atoms with Crippen LogP contribution in [0.4, 0.5) is 0 Å². The van der Waals surface area contributed by atoms with E-state index in [9.17, 15) is 13.2 Å². The van der Waals surface area contributed by atoms with Crippen LogP contribution in [0.25, 0.3) is 11.0 Å². The first kappa shape index (κ1) is 13.4. The first-order valence-corrected chi connectivity index (χ1v) is 8.23. The van der Waals surface area contributed by atoms with Gasteiger partial charge in [0.1, 0.15) is 0 Å². The maximum Gasteiger partial charge on any atom is 0.323 e. The van der Waals surface area contributed by atoms with Crippen molar-refractivity contribution in [1.29, 1.82) is 0 Å². The summed E-state index contributed by atoms with van der Waals surface area (Å²) in [5.74, 6) is 0. The number of H-pyrrole nitrogens is 2. The van der Waals surface area contributed by atoms with Crippen molar-refractivity contribution in [2.75, 3.05) is 13.1 Å². The van der Waals surface area contributed by atoms with Gasteiger partial charge in [0.2, 0.25) is 10.0 Å². The minimum Gasteiger partial charge on any atom is -0.306 e. The fourth-order valence-corrected chi connectivity index (χ4v) is 4.15. The summed E-state index contributed by atoms with van der Waals surface area (Å²) in [5.41, 5.74) is 0.806. The molecule has 1 aromatic carbocycles. The molecule has 108 valence electrons. The molecule has 2 heterocycles. The van der Waals surface area contributed by atoms with E-state index in [-0.39, 0.29) is 10.6 Å². The number of aromatic nitrogens is 2. The highest BCUT2D eigenvalue weighted by Crippen LogP contribution is 2.22. The zero-order valence-electron chi connectivity index (χ0n) is 11.1. The number of hydrogen-bond donors (Lipinski definition) is 2. The van der Waals surface area contributed by atoms with Crippen LogP contribution in [0.5, 0.6) is 0 Å². The lowest BCUT2D eigenvalue weighted by Gasteiger charge is -2.19. The Hall–Kier alpha value is -1.60. The summed E-state index contributed by atoms with van der Waals surface area (Å²) in [4.78, 5) is 16.7. The Morgan fingerprint density at radius 1 is 0.950 bits per heavy atom. The molecule has 1 aliphatic heterocycles. The van der Waals surface area contributed by atoms with E-state index < -0.39 is 10.0 Å². The summed E-state index contributed by atoms with van der Waals surface area (Å²) in [5, 5.41) is 0. The average molecular weight is 295 g/mol. The zero-order chi connectivity index (χ0) is 14.2. The summed E-state index contributed by atoms with van der Waals surface area (Å²) >= 11 is 0. The van der Waals surface area contributed by atoms with Gasteiger partial charge < -0.3 is 9.97 Å². The number of fused-ring (bicyclic) bond motifs is 1. The Morgan fingerprint density at radius 3 is 2.30 bits per heavy atom. The Kier molecular flexibility index (Phi) is 3.39. The van der Waals surface area contributed by atoms with Crippen LogP contribution in [0.1, 0.15) is 25.7 Å². The number of nitrogens with one attached hydrogen (secondary N) is 2. The zero-order valence-corrected chi connectivity index (χ0v) is 11.9. The van der Waals surface area contributed by atoms with Gasteiger partial charge in [-0.2, -0.15) is 4.31 Å². The molecule has 20 heavy (non-hydrogen) atoms. The van der Waals surface area contributed by atoms with Crippen molar-refractivity contribution in [2.24, 2.45) is 0 Å². The van der Waals surface area contributed by atoms with E-state index in [1.54, 1.807) is 16.4 Å². The summed E-state index contributed by atoms with van der Waals surface area (Å²) in [6.45, 7) is 1.15. The maximum absolute atomic E-state index is 12.6. The SMILES string of the molecule is O=c1[nH]c2ccc(S(=O)(=O)N3CCCCCC3)cc2[nH]1. The molecule has 1 saturated heterocycles. The summed E-state index contributed by atoms with van der Waals surface area (Å²) in [7, 11) is -3.47. The maximum atomic E-state index is 12.6. The van der Waals surface area contributed by atoms with Gasteiger partial charge >= 0.3 is 5.69 Å². The topological polar surface area (TPSA) is 86.0 Å². The van der Waals surface area contributed by atoms with Crippen LogP contribution >= 0.6 is 0 Å². The Bertz CT molecular complexity index is 768. The van der Waals surface area contributed by atoms with Crippen molar-refractivity contribution in [2.45, 2.75) is 30.6 Å². The van der Waals surface area contributed by atoms with Crippen molar-refractivity contribution in [3.8, 4) is 0 Å². The molecule has 1 aromatic heterocycles. The smallest absolute Gasteiger partial charge is 0.306 e. The Morgan fingerprint density at radius 2 is 1.60 bits per heavy atom. The standard InChI is InChI=1S/C13H17N3O3S/c17-13-14-11-6-5-10(9-12(11)15-13)20(18,19)16-7-3-1-2-4-8-16/h5-6,9H,1-4,7-8H2,(H2,14,15,17). The molecular formula is C13H17N3O3S. The second kappa shape index (κ2) is 5.06. The monoisotopic (exact) mass is 295 g/mol. The number of hydrogen-bond acceptors (Lipinski definition) is 3. The molecule has 0 radical (unpaired) electrons. The lowest BCUT2D eigenvalue weighted by atomic mass is 10.2. The Labute approximate surface area is 116 Å². The normalized spacial score (nSPS) is 18.2. The fraction of sp³-hybridized carbons (Fsp3) is 0.462. The van der Waals surface area contributed by atoms with Gasteiger partial charge in [-0.3, -0.25) is 0 Å². The van der Waals surface area contributed by atoms with Crippen molar-refractivity contribution in [1.82, 2.24) is 14.3 Å². The van der Waals surface area contributed by atoms with Crippen molar-refractivity contribution < 1.29 is 8.42 Å². The molecule has 2 aromatic rings. The van der Waals surface area contributed by atoms with Crippen molar-refractivity contribution in [3.05, 3.63) is 28.7 Å². The van der Waals surface area contributed by atoms with E-state index in [2.05, 4.69) is 9.97 Å². The number of nitrogens with zero attached hydrogens (tertiary/aromatic N) is 1. The lowest BCUT2D eigenvalue weighted by Crippen LogP contribution is -2.31. The van der Waals surface area contributed by atoms with Crippen LogP contribution in [-0.4, -0.2) is 35.8 Å². The average Bonchev–Trinajstić information content (AvgIpc) is 2.63. The van der Waals surface area contributed by atoms with E-state index in [4.69, 9.17) is 0 Å². The fourth-order valence-electron chi connectivity index (χ4n) is 2.60. The van der Waals surface area contributed by atoms with Gasteiger partial charge in [0.15, 0.2) is 0 Å². The molecule has 0 aliphatic carbocycles. The minimum atomic E-state index is -3.47. The third kappa shape index (κ3) is 2.38. The first-order valence-electron chi connectivity index (χ1n) is 6.79. The van der Waals surface area contributed by atoms with Crippen LogP contribution < -0.4 is 5.69 Å². The largest absolute Gasteiger partial charge is 0.323 e. The van der Waals surface area contributed by atoms with Crippen molar-refractivity contribution in [3.63, 3.8) is 0 Å². The summed E-state index contributed by atoms with van der Waals surface area (Å²) in [6, 6.07) is 4.69. The molecule has 6 nitrogen and oxygen atoms in total. The summed E-state index contributed by atoms with van der Waals surface area (Å²) in [6.07, 6.45) is 3.97. The molecule has 1 aliphatic rings. The van der Waals surface area contributed by atoms with Gasteiger partial charge in [-0.05, 0) is 31.0 Å². The van der Waals surface area contributed by atoms with E-state index in [1.807, 2.05) is 0 Å². The van der Waals surface area contributed by atoms with Gasteiger partial charge in [0, 0.05) is 13.1 Å². The predicted molar refractivity (Wildman–Crippen MR) is 76.1 cm³/mol. The number of sulfonamides is 1. The van der Waals surface area contributed by atoms with Crippen molar-refractivity contribution >= 4 is 21.1 Å². The van der Waals surface area contributed by atoms with Gasteiger partial charge in [0.05, 0.1) is 15.9 Å². The first-order chi connectivity index (χ1) is 9.57.